The molecule has 3 nitrogen and oxygen atoms in total. The van der Waals surface area contributed by atoms with Crippen molar-refractivity contribution in [1.82, 2.24) is 9.78 Å². The Morgan fingerprint density at radius 2 is 2.38 bits per heavy atom. The molecule has 2 rings (SSSR count). The second-order valence-electron chi connectivity index (χ2n) is 4.11. The van der Waals surface area contributed by atoms with Gasteiger partial charge in [0, 0.05) is 18.3 Å². The number of nitrogens with two attached hydrogens (primary N) is 1. The van der Waals surface area contributed by atoms with Crippen LogP contribution in [0.4, 0.5) is 0 Å². The fourth-order valence-electron chi connectivity index (χ4n) is 1.86. The highest BCUT2D eigenvalue weighted by Gasteiger charge is 2.20. The van der Waals surface area contributed by atoms with Crippen LogP contribution in [0.1, 0.15) is 50.0 Å². The molecule has 2 N–H and O–H groups in total. The molecule has 0 unspecified atom stereocenters. The Morgan fingerprint density at radius 1 is 1.62 bits per heavy atom. The van der Waals surface area contributed by atoms with Gasteiger partial charge in [0.15, 0.2) is 0 Å². The molecule has 0 saturated heterocycles. The van der Waals surface area contributed by atoms with Crippen molar-refractivity contribution in [2.75, 3.05) is 0 Å². The monoisotopic (exact) mass is 179 g/mol. The normalized spacial score (nSPS) is 22.0. The van der Waals surface area contributed by atoms with Gasteiger partial charge in [-0.25, -0.2) is 0 Å². The first-order valence-corrected chi connectivity index (χ1v) is 5.02. The third kappa shape index (κ3) is 1.48. The summed E-state index contributed by atoms with van der Waals surface area (Å²) in [4.78, 5) is 0. The summed E-state index contributed by atoms with van der Waals surface area (Å²) < 4.78 is 2.02. The predicted octanol–water partition coefficient (Wildman–Crippen LogP) is 1.80. The summed E-state index contributed by atoms with van der Waals surface area (Å²) >= 11 is 0. The molecular weight excluding hydrogens is 162 g/mol. The van der Waals surface area contributed by atoms with Crippen molar-refractivity contribution in [3.8, 4) is 0 Å². The molecule has 13 heavy (non-hydrogen) atoms. The van der Waals surface area contributed by atoms with Crippen LogP contribution in [0, 0.1) is 0 Å². The Balaban J connectivity index is 2.36. The largest absolute Gasteiger partial charge is 0.323 e. The Kier molecular flexibility index (Phi) is 2.12. The first-order chi connectivity index (χ1) is 6.18. The number of aromatic nitrogens is 2. The van der Waals surface area contributed by atoms with Crippen molar-refractivity contribution in [3.05, 3.63) is 17.5 Å². The van der Waals surface area contributed by atoms with Gasteiger partial charge in [-0.05, 0) is 38.7 Å². The predicted molar refractivity (Wildman–Crippen MR) is 52.5 cm³/mol. The van der Waals surface area contributed by atoms with Gasteiger partial charge in [-0.2, -0.15) is 5.10 Å². The quantitative estimate of drug-likeness (QED) is 0.714. The molecule has 0 amide bonds. The first kappa shape index (κ1) is 8.75. The van der Waals surface area contributed by atoms with E-state index in [0.29, 0.717) is 6.04 Å². The van der Waals surface area contributed by atoms with Gasteiger partial charge in [0.2, 0.25) is 0 Å². The molecule has 1 aliphatic carbocycles. The first-order valence-electron chi connectivity index (χ1n) is 5.02. The number of rotatable bonds is 1. The van der Waals surface area contributed by atoms with Crippen molar-refractivity contribution < 1.29 is 0 Å². The molecule has 0 spiro atoms. The number of hydrogen-bond donors (Lipinski definition) is 1. The second kappa shape index (κ2) is 3.14. The van der Waals surface area contributed by atoms with Crippen LogP contribution in [0.5, 0.6) is 0 Å². The molecular formula is C10H17N3. The van der Waals surface area contributed by atoms with Gasteiger partial charge in [0.05, 0.1) is 5.69 Å². The van der Waals surface area contributed by atoms with E-state index in [4.69, 9.17) is 5.73 Å². The topological polar surface area (TPSA) is 43.8 Å². The van der Waals surface area contributed by atoms with Crippen LogP contribution in [-0.2, 0) is 6.42 Å². The molecule has 1 aromatic rings. The molecule has 0 radical (unpaired) electrons. The Bertz CT molecular complexity index is 301. The summed E-state index contributed by atoms with van der Waals surface area (Å²) in [6, 6.07) is 0.613. The van der Waals surface area contributed by atoms with Crippen LogP contribution >= 0.6 is 0 Å². The van der Waals surface area contributed by atoms with Gasteiger partial charge in [0.1, 0.15) is 0 Å². The number of fused-ring (bicyclic) bond motifs is 1. The Morgan fingerprint density at radius 3 is 3.00 bits per heavy atom. The summed E-state index contributed by atoms with van der Waals surface area (Å²) in [5.41, 5.74) is 8.46. The zero-order valence-corrected chi connectivity index (χ0v) is 8.33. The van der Waals surface area contributed by atoms with E-state index in [1.165, 1.54) is 12.0 Å². The molecule has 1 atom stereocenters. The summed E-state index contributed by atoms with van der Waals surface area (Å²) in [7, 11) is 0. The highest BCUT2D eigenvalue weighted by molar-refractivity contribution is 5.23. The lowest BCUT2D eigenvalue weighted by atomic mass is 9.95. The van der Waals surface area contributed by atoms with E-state index in [1.807, 2.05) is 4.68 Å². The second-order valence-corrected chi connectivity index (χ2v) is 4.11. The molecule has 1 aromatic heterocycles. The van der Waals surface area contributed by atoms with Crippen LogP contribution in [0.3, 0.4) is 0 Å². The average molecular weight is 179 g/mol. The lowest BCUT2D eigenvalue weighted by molar-refractivity contribution is 0.507. The van der Waals surface area contributed by atoms with Gasteiger partial charge >= 0.3 is 0 Å². The highest BCUT2D eigenvalue weighted by Crippen LogP contribution is 2.27. The van der Waals surface area contributed by atoms with Crippen LogP contribution in [0.15, 0.2) is 6.20 Å². The zero-order chi connectivity index (χ0) is 9.42. The minimum absolute atomic E-state index is 0.170. The molecule has 72 valence electrons. The molecule has 3 heteroatoms. The van der Waals surface area contributed by atoms with E-state index in [2.05, 4.69) is 25.1 Å². The minimum Gasteiger partial charge on any atom is -0.323 e. The molecule has 0 bridgehead atoms. The average Bonchev–Trinajstić information content (AvgIpc) is 2.49. The van der Waals surface area contributed by atoms with E-state index in [-0.39, 0.29) is 6.04 Å². The highest BCUT2D eigenvalue weighted by atomic mass is 15.3. The van der Waals surface area contributed by atoms with Crippen LogP contribution in [0.25, 0.3) is 0 Å². The maximum Gasteiger partial charge on any atom is 0.0823 e. The van der Waals surface area contributed by atoms with Crippen molar-refractivity contribution in [2.24, 2.45) is 5.73 Å². The van der Waals surface area contributed by atoms with Gasteiger partial charge in [-0.15, -0.1) is 0 Å². The minimum atomic E-state index is 0.170. The van der Waals surface area contributed by atoms with Crippen molar-refractivity contribution in [2.45, 2.75) is 45.2 Å². The van der Waals surface area contributed by atoms with Crippen LogP contribution in [-0.4, -0.2) is 9.78 Å². The third-order valence-corrected chi connectivity index (χ3v) is 2.68. The van der Waals surface area contributed by atoms with Gasteiger partial charge in [-0.3, -0.25) is 4.68 Å². The zero-order valence-electron chi connectivity index (χ0n) is 8.33. The van der Waals surface area contributed by atoms with E-state index in [0.717, 1.165) is 18.5 Å². The molecule has 1 heterocycles. The third-order valence-electron chi connectivity index (χ3n) is 2.68. The maximum absolute atomic E-state index is 5.98. The van der Waals surface area contributed by atoms with E-state index in [1.54, 1.807) is 0 Å². The number of nitrogens with zero attached hydrogens (tertiary/aromatic N) is 2. The fourth-order valence-corrected chi connectivity index (χ4v) is 1.86. The Hall–Kier alpha value is -0.830. The van der Waals surface area contributed by atoms with Gasteiger partial charge in [0.25, 0.3) is 0 Å². The molecule has 0 fully saturated rings. The molecule has 0 aliphatic heterocycles. The number of aryl methyl sites for hydroxylation is 1. The lowest BCUT2D eigenvalue weighted by Gasteiger charge is -2.15. The smallest absolute Gasteiger partial charge is 0.0823 e. The SMILES string of the molecule is CC(C)n1cc2c(n1)[C@@H](N)CCC2. The fraction of sp³-hybridized carbons (Fsp3) is 0.700. The van der Waals surface area contributed by atoms with Crippen molar-refractivity contribution in [1.29, 1.82) is 0 Å². The van der Waals surface area contributed by atoms with E-state index >= 15 is 0 Å². The van der Waals surface area contributed by atoms with Crippen LogP contribution < -0.4 is 5.73 Å². The van der Waals surface area contributed by atoms with E-state index in [9.17, 15) is 0 Å². The van der Waals surface area contributed by atoms with Crippen molar-refractivity contribution in [3.63, 3.8) is 0 Å². The van der Waals surface area contributed by atoms with Gasteiger partial charge in [-0.1, -0.05) is 0 Å². The molecule has 1 aliphatic rings. The van der Waals surface area contributed by atoms with Crippen LogP contribution in [0.2, 0.25) is 0 Å². The summed E-state index contributed by atoms with van der Waals surface area (Å²) in [6.07, 6.45) is 5.59. The summed E-state index contributed by atoms with van der Waals surface area (Å²) in [5.74, 6) is 0. The molecule has 0 aromatic carbocycles. The Labute approximate surface area is 78.9 Å². The van der Waals surface area contributed by atoms with E-state index < -0.39 is 0 Å². The number of hydrogen-bond acceptors (Lipinski definition) is 2. The van der Waals surface area contributed by atoms with Crippen molar-refractivity contribution >= 4 is 0 Å². The lowest BCUT2D eigenvalue weighted by Crippen LogP contribution is -2.17. The standard InChI is InChI=1S/C10H17N3/c1-7(2)13-6-8-4-3-5-9(11)10(8)12-13/h6-7,9H,3-5,11H2,1-2H3/t9-/m0/s1. The summed E-state index contributed by atoms with van der Waals surface area (Å²) in [5, 5.41) is 4.52. The maximum atomic E-state index is 5.98. The summed E-state index contributed by atoms with van der Waals surface area (Å²) in [6.45, 7) is 4.29. The van der Waals surface area contributed by atoms with Gasteiger partial charge < -0.3 is 5.73 Å². The molecule has 0 saturated carbocycles.